The van der Waals surface area contributed by atoms with E-state index in [2.05, 4.69) is 5.32 Å². The number of alkyl halides is 3. The van der Waals surface area contributed by atoms with Crippen molar-refractivity contribution >= 4 is 5.91 Å². The summed E-state index contributed by atoms with van der Waals surface area (Å²) in [5.41, 5.74) is 0.838. The van der Waals surface area contributed by atoms with Gasteiger partial charge >= 0.3 is 6.18 Å². The predicted molar refractivity (Wildman–Crippen MR) is 114 cm³/mol. The van der Waals surface area contributed by atoms with Crippen LogP contribution in [0.5, 0.6) is 0 Å². The molecular weight excluding hydrogens is 443 g/mol. The van der Waals surface area contributed by atoms with Crippen LogP contribution in [-0.4, -0.2) is 58.2 Å². The van der Waals surface area contributed by atoms with Gasteiger partial charge in [0, 0.05) is 25.1 Å². The Morgan fingerprint density at radius 3 is 2.27 bits per heavy atom. The van der Waals surface area contributed by atoms with Gasteiger partial charge in [0.15, 0.2) is 12.6 Å². The van der Waals surface area contributed by atoms with E-state index in [0.717, 1.165) is 11.6 Å². The number of halogens is 3. The van der Waals surface area contributed by atoms with Gasteiger partial charge < -0.3 is 30.5 Å². The zero-order chi connectivity index (χ0) is 24.8. The second-order valence-electron chi connectivity index (χ2n) is 7.46. The lowest BCUT2D eigenvalue weighted by atomic mass is 9.92. The van der Waals surface area contributed by atoms with Crippen molar-refractivity contribution in [2.75, 3.05) is 13.2 Å². The van der Waals surface area contributed by atoms with E-state index in [1.54, 1.807) is 25.1 Å². The van der Waals surface area contributed by atoms with Crippen molar-refractivity contribution in [1.29, 1.82) is 0 Å². The number of carbonyl (C=O) groups is 1. The van der Waals surface area contributed by atoms with Crippen LogP contribution in [0.3, 0.4) is 0 Å². The second kappa shape index (κ2) is 11.6. The van der Waals surface area contributed by atoms with Crippen LogP contribution in [0, 0.1) is 0 Å². The first-order valence-corrected chi connectivity index (χ1v) is 10.4. The number of nitrogens with one attached hydrogen (secondary N) is 1. The number of hydrogen-bond donors (Lipinski definition) is 5. The summed E-state index contributed by atoms with van der Waals surface area (Å²) in [6, 6.07) is 8.63. The normalized spacial score (nSPS) is 15.3. The first kappa shape index (κ1) is 26.7. The number of fused-ring (bicyclic) bond motifs is 1. The molecule has 0 aromatic heterocycles. The Morgan fingerprint density at radius 1 is 1.09 bits per heavy atom. The quantitative estimate of drug-likeness (QED) is 0.413. The average Bonchev–Trinajstić information content (AvgIpc) is 2.73. The molecule has 0 saturated carbocycles. The number of benzene rings is 2. The maximum atomic E-state index is 13.7. The van der Waals surface area contributed by atoms with Gasteiger partial charge in [0.1, 0.15) is 6.10 Å². The van der Waals surface area contributed by atoms with Gasteiger partial charge in [-0.15, -0.1) is 0 Å². The van der Waals surface area contributed by atoms with Crippen LogP contribution in [-0.2, 0) is 23.8 Å². The van der Waals surface area contributed by atoms with Crippen molar-refractivity contribution in [3.63, 3.8) is 0 Å². The molecule has 2 atom stereocenters. The zero-order valence-corrected chi connectivity index (χ0v) is 18.3. The van der Waals surface area contributed by atoms with E-state index in [1.165, 1.54) is 19.1 Å². The standard InChI is InChI=1S/C21H22F3NO5.C2H6O/c1-11(26)30-18(20(28)29)10-15-5-4-14(9-17(15)21(22,23)24)13-3-2-12-6-7-25-19(27)16(12)8-13;1-2-3/h2-5,8-9,11,18,20,26,28-29H,6-7,10H2,1H3,(H,25,27);3H,2H2,1H3. The molecule has 0 aliphatic carbocycles. The molecule has 2 aromatic rings. The van der Waals surface area contributed by atoms with Gasteiger partial charge in [0.05, 0.1) is 5.56 Å². The highest BCUT2D eigenvalue weighted by Gasteiger charge is 2.35. The lowest BCUT2D eigenvalue weighted by Crippen LogP contribution is -2.34. The minimum Gasteiger partial charge on any atom is -0.397 e. The fourth-order valence-corrected chi connectivity index (χ4v) is 3.48. The summed E-state index contributed by atoms with van der Waals surface area (Å²) in [6.45, 7) is 3.67. The van der Waals surface area contributed by atoms with Gasteiger partial charge in [0.2, 0.25) is 0 Å². The summed E-state index contributed by atoms with van der Waals surface area (Å²) in [5.74, 6) is -0.263. The Hall–Kier alpha value is -2.50. The van der Waals surface area contributed by atoms with Crippen LogP contribution in [0.2, 0.25) is 0 Å². The molecule has 1 aliphatic heterocycles. The SMILES string of the molecule is CC(O)OC(Cc1ccc(-c2ccc3c(c2)C(=O)NCC3)cc1C(F)(F)F)C(O)O.CCO. The minimum atomic E-state index is -4.70. The summed E-state index contributed by atoms with van der Waals surface area (Å²) in [7, 11) is 0. The van der Waals surface area contributed by atoms with E-state index in [9.17, 15) is 33.3 Å². The first-order chi connectivity index (χ1) is 15.5. The number of hydrogen-bond acceptors (Lipinski definition) is 6. The van der Waals surface area contributed by atoms with Gasteiger partial charge in [0.25, 0.3) is 5.91 Å². The van der Waals surface area contributed by atoms with E-state index in [0.29, 0.717) is 24.1 Å². The summed E-state index contributed by atoms with van der Waals surface area (Å²) < 4.78 is 46.1. The van der Waals surface area contributed by atoms with Crippen LogP contribution >= 0.6 is 0 Å². The zero-order valence-electron chi connectivity index (χ0n) is 18.3. The maximum absolute atomic E-state index is 13.7. The van der Waals surface area contributed by atoms with E-state index < -0.39 is 36.8 Å². The lowest BCUT2D eigenvalue weighted by Gasteiger charge is -2.23. The summed E-state index contributed by atoms with van der Waals surface area (Å²) in [5, 5.41) is 38.3. The van der Waals surface area contributed by atoms with Gasteiger partial charge in [-0.05, 0) is 54.7 Å². The van der Waals surface area contributed by atoms with Gasteiger partial charge in [-0.2, -0.15) is 13.2 Å². The Labute approximate surface area is 189 Å². The van der Waals surface area contributed by atoms with Gasteiger partial charge in [-0.1, -0.05) is 24.3 Å². The molecule has 0 radical (unpaired) electrons. The lowest BCUT2D eigenvalue weighted by molar-refractivity contribution is -0.204. The topological polar surface area (TPSA) is 119 Å². The van der Waals surface area contributed by atoms with Gasteiger partial charge in [-0.25, -0.2) is 0 Å². The van der Waals surface area contributed by atoms with E-state index in [-0.39, 0.29) is 23.6 Å². The number of rotatable bonds is 6. The van der Waals surface area contributed by atoms with Crippen LogP contribution in [0.1, 0.15) is 40.9 Å². The third kappa shape index (κ3) is 7.24. The summed E-state index contributed by atoms with van der Waals surface area (Å²) >= 11 is 0. The van der Waals surface area contributed by atoms with Crippen LogP contribution in [0.4, 0.5) is 13.2 Å². The Kier molecular flexibility index (Phi) is 9.38. The molecule has 0 saturated heterocycles. The Morgan fingerprint density at radius 2 is 1.70 bits per heavy atom. The molecule has 0 bridgehead atoms. The predicted octanol–water partition coefficient (Wildman–Crippen LogP) is 2.23. The highest BCUT2D eigenvalue weighted by Crippen LogP contribution is 2.36. The monoisotopic (exact) mass is 471 g/mol. The van der Waals surface area contributed by atoms with Crippen molar-refractivity contribution < 1.29 is 43.1 Å². The molecule has 0 fully saturated rings. The molecule has 7 nitrogen and oxygen atoms in total. The molecule has 0 spiro atoms. The maximum Gasteiger partial charge on any atom is 0.416 e. The Bertz CT molecular complexity index is 946. The van der Waals surface area contributed by atoms with E-state index >= 15 is 0 Å². The molecule has 33 heavy (non-hydrogen) atoms. The highest BCUT2D eigenvalue weighted by atomic mass is 19.4. The summed E-state index contributed by atoms with van der Waals surface area (Å²) in [6.07, 6.45) is -9.41. The Balaban J connectivity index is 0.00000122. The van der Waals surface area contributed by atoms with Crippen molar-refractivity contribution in [1.82, 2.24) is 5.32 Å². The van der Waals surface area contributed by atoms with Crippen LogP contribution < -0.4 is 5.32 Å². The fraction of sp³-hybridized carbons (Fsp3) is 0.435. The molecular formula is C23H28F3NO6. The number of amides is 1. The molecule has 3 rings (SSSR count). The van der Waals surface area contributed by atoms with Crippen molar-refractivity contribution in [2.45, 2.75) is 51.5 Å². The number of aliphatic hydroxyl groups excluding tert-OH is 3. The number of aliphatic hydroxyl groups is 4. The fourth-order valence-electron chi connectivity index (χ4n) is 3.48. The molecule has 5 N–H and O–H groups in total. The van der Waals surface area contributed by atoms with E-state index in [4.69, 9.17) is 9.84 Å². The number of carbonyl (C=O) groups excluding carboxylic acids is 1. The van der Waals surface area contributed by atoms with E-state index in [1.807, 2.05) is 0 Å². The molecule has 10 heteroatoms. The van der Waals surface area contributed by atoms with Crippen molar-refractivity contribution in [3.8, 4) is 11.1 Å². The smallest absolute Gasteiger partial charge is 0.397 e. The third-order valence-corrected chi connectivity index (χ3v) is 4.91. The molecule has 182 valence electrons. The minimum absolute atomic E-state index is 0.208. The highest BCUT2D eigenvalue weighted by molar-refractivity contribution is 5.98. The van der Waals surface area contributed by atoms with Crippen molar-refractivity contribution in [3.05, 3.63) is 58.7 Å². The second-order valence-corrected chi connectivity index (χ2v) is 7.46. The average molecular weight is 471 g/mol. The molecule has 1 heterocycles. The molecule has 1 amide bonds. The molecule has 2 unspecified atom stereocenters. The largest absolute Gasteiger partial charge is 0.416 e. The van der Waals surface area contributed by atoms with Gasteiger partial charge in [-0.3, -0.25) is 4.79 Å². The molecule has 2 aromatic carbocycles. The summed E-state index contributed by atoms with van der Waals surface area (Å²) in [4.78, 5) is 12.0. The number of ether oxygens (including phenoxy) is 1. The van der Waals surface area contributed by atoms with Crippen molar-refractivity contribution in [2.24, 2.45) is 0 Å². The first-order valence-electron chi connectivity index (χ1n) is 10.4. The van der Waals surface area contributed by atoms with Crippen LogP contribution in [0.15, 0.2) is 36.4 Å². The molecule has 1 aliphatic rings. The van der Waals surface area contributed by atoms with Crippen LogP contribution in [0.25, 0.3) is 11.1 Å². The third-order valence-electron chi connectivity index (χ3n) is 4.91.